The number of rotatable bonds is 5. The molecule has 0 spiro atoms. The summed E-state index contributed by atoms with van der Waals surface area (Å²) in [5.41, 5.74) is 13.0. The van der Waals surface area contributed by atoms with E-state index in [2.05, 4.69) is 5.32 Å². The fourth-order valence-electron chi connectivity index (χ4n) is 1.43. The average molecular weight is 222 g/mol. The predicted octanol–water partition coefficient (Wildman–Crippen LogP) is 0.0233. The molecule has 16 heavy (non-hydrogen) atoms. The summed E-state index contributed by atoms with van der Waals surface area (Å²) >= 11 is 0. The third-order valence-corrected chi connectivity index (χ3v) is 2.42. The third-order valence-electron chi connectivity index (χ3n) is 2.42. The first-order valence-corrected chi connectivity index (χ1v) is 5.11. The molecule has 0 aliphatic carbocycles. The van der Waals surface area contributed by atoms with Crippen LogP contribution in [0.1, 0.15) is 10.4 Å². The lowest BCUT2D eigenvalue weighted by Gasteiger charge is -2.21. The van der Waals surface area contributed by atoms with Crippen molar-refractivity contribution in [1.29, 1.82) is 0 Å². The maximum Gasteiger partial charge on any atom is 0.248 e. The summed E-state index contributed by atoms with van der Waals surface area (Å²) in [5, 5.41) is 3.05. The van der Waals surface area contributed by atoms with Crippen LogP contribution >= 0.6 is 0 Å². The number of hydrogen-bond donors (Lipinski definition) is 3. The fraction of sp³-hybridized carbons (Fsp3) is 0.364. The van der Waals surface area contributed by atoms with E-state index in [1.165, 1.54) is 0 Å². The van der Waals surface area contributed by atoms with Gasteiger partial charge in [-0.1, -0.05) is 0 Å². The monoisotopic (exact) mass is 222 g/mol. The Balaban J connectivity index is 2.92. The molecule has 1 rings (SSSR count). The Morgan fingerprint density at radius 3 is 2.75 bits per heavy atom. The summed E-state index contributed by atoms with van der Waals surface area (Å²) in [6.07, 6.45) is 0. The van der Waals surface area contributed by atoms with Crippen LogP contribution in [0.15, 0.2) is 18.2 Å². The number of nitrogen functional groups attached to an aromatic ring is 1. The predicted molar refractivity (Wildman–Crippen MR) is 66.6 cm³/mol. The van der Waals surface area contributed by atoms with Crippen molar-refractivity contribution in [1.82, 2.24) is 5.32 Å². The van der Waals surface area contributed by atoms with Crippen LogP contribution in [0.5, 0.6) is 0 Å². The Bertz CT molecular complexity index is 378. The lowest BCUT2D eigenvalue weighted by molar-refractivity contribution is 0.100. The molecule has 0 aromatic heterocycles. The van der Waals surface area contributed by atoms with Crippen molar-refractivity contribution < 1.29 is 4.79 Å². The van der Waals surface area contributed by atoms with Crippen LogP contribution in [-0.4, -0.2) is 33.1 Å². The Kier molecular flexibility index (Phi) is 4.13. The molecule has 0 saturated heterocycles. The zero-order chi connectivity index (χ0) is 12.1. The van der Waals surface area contributed by atoms with Gasteiger partial charge in [-0.2, -0.15) is 0 Å². The molecule has 0 heterocycles. The zero-order valence-electron chi connectivity index (χ0n) is 9.66. The molecule has 5 nitrogen and oxygen atoms in total. The number of likely N-dealkylation sites (N-methyl/N-ethyl adjacent to an activating group) is 2. The molecule has 0 saturated carbocycles. The van der Waals surface area contributed by atoms with Gasteiger partial charge in [0.1, 0.15) is 0 Å². The van der Waals surface area contributed by atoms with E-state index in [4.69, 9.17) is 11.5 Å². The van der Waals surface area contributed by atoms with Gasteiger partial charge in [-0.25, -0.2) is 0 Å². The molecule has 5 heteroatoms. The van der Waals surface area contributed by atoms with Gasteiger partial charge in [-0.15, -0.1) is 0 Å². The maximum absolute atomic E-state index is 11.1. The first-order chi connectivity index (χ1) is 7.56. The van der Waals surface area contributed by atoms with Crippen molar-refractivity contribution in [3.63, 3.8) is 0 Å². The number of primary amides is 1. The van der Waals surface area contributed by atoms with Crippen LogP contribution in [0.25, 0.3) is 0 Å². The molecule has 5 N–H and O–H groups in total. The number of benzene rings is 1. The van der Waals surface area contributed by atoms with E-state index in [0.29, 0.717) is 11.3 Å². The van der Waals surface area contributed by atoms with Gasteiger partial charge in [0.25, 0.3) is 0 Å². The number of hydrogen-bond acceptors (Lipinski definition) is 4. The number of nitrogens with zero attached hydrogens (tertiary/aromatic N) is 1. The van der Waals surface area contributed by atoms with E-state index < -0.39 is 5.91 Å². The zero-order valence-corrected chi connectivity index (χ0v) is 9.66. The summed E-state index contributed by atoms with van der Waals surface area (Å²) in [6, 6.07) is 5.05. The van der Waals surface area contributed by atoms with Crippen molar-refractivity contribution in [2.45, 2.75) is 0 Å². The second kappa shape index (κ2) is 5.37. The summed E-state index contributed by atoms with van der Waals surface area (Å²) in [6.45, 7) is 1.65. The van der Waals surface area contributed by atoms with E-state index >= 15 is 0 Å². The van der Waals surface area contributed by atoms with Gasteiger partial charge < -0.3 is 21.7 Å². The van der Waals surface area contributed by atoms with Crippen LogP contribution in [-0.2, 0) is 0 Å². The number of carbonyl (C=O) groups excluding carboxylic acids is 1. The maximum atomic E-state index is 11.1. The Morgan fingerprint density at radius 1 is 1.50 bits per heavy atom. The number of nitrogens with one attached hydrogen (secondary N) is 1. The largest absolute Gasteiger partial charge is 0.397 e. The second-order valence-electron chi connectivity index (χ2n) is 3.66. The minimum absolute atomic E-state index is 0.441. The highest BCUT2D eigenvalue weighted by molar-refractivity contribution is 5.95. The summed E-state index contributed by atoms with van der Waals surface area (Å²) in [7, 11) is 3.81. The molecular formula is C11H18N4O. The van der Waals surface area contributed by atoms with Crippen molar-refractivity contribution in [2.24, 2.45) is 5.73 Å². The second-order valence-corrected chi connectivity index (χ2v) is 3.66. The molecule has 0 atom stereocenters. The smallest absolute Gasteiger partial charge is 0.248 e. The molecule has 1 amide bonds. The van der Waals surface area contributed by atoms with Gasteiger partial charge in [-0.05, 0) is 25.2 Å². The van der Waals surface area contributed by atoms with Crippen molar-refractivity contribution in [3.8, 4) is 0 Å². The van der Waals surface area contributed by atoms with Gasteiger partial charge in [-0.3, -0.25) is 4.79 Å². The standard InChI is InChI=1S/C11H18N4O/c1-14-5-6-15(2)10-7-8(11(13)16)3-4-9(10)12/h3-4,7,14H,5-6,12H2,1-2H3,(H2,13,16). The van der Waals surface area contributed by atoms with Crippen LogP contribution < -0.4 is 21.7 Å². The topological polar surface area (TPSA) is 84.4 Å². The minimum atomic E-state index is -0.441. The molecule has 1 aromatic rings. The third kappa shape index (κ3) is 2.87. The molecular weight excluding hydrogens is 204 g/mol. The van der Waals surface area contributed by atoms with Gasteiger partial charge in [0.15, 0.2) is 0 Å². The van der Waals surface area contributed by atoms with E-state index in [-0.39, 0.29) is 0 Å². The number of carbonyl (C=O) groups is 1. The highest BCUT2D eigenvalue weighted by Gasteiger charge is 2.08. The van der Waals surface area contributed by atoms with Crippen molar-refractivity contribution >= 4 is 17.3 Å². The lowest BCUT2D eigenvalue weighted by Crippen LogP contribution is -2.28. The van der Waals surface area contributed by atoms with Gasteiger partial charge in [0, 0.05) is 25.7 Å². The Hall–Kier alpha value is -1.75. The summed E-state index contributed by atoms with van der Waals surface area (Å²) in [5.74, 6) is -0.441. The van der Waals surface area contributed by atoms with E-state index in [9.17, 15) is 4.79 Å². The first kappa shape index (κ1) is 12.3. The van der Waals surface area contributed by atoms with Crippen LogP contribution in [0, 0.1) is 0 Å². The molecule has 0 bridgehead atoms. The summed E-state index contributed by atoms with van der Waals surface area (Å²) in [4.78, 5) is 13.0. The first-order valence-electron chi connectivity index (χ1n) is 5.11. The van der Waals surface area contributed by atoms with Crippen LogP contribution in [0.2, 0.25) is 0 Å². The molecule has 0 aliphatic rings. The van der Waals surface area contributed by atoms with E-state index in [0.717, 1.165) is 18.8 Å². The number of nitrogens with two attached hydrogens (primary N) is 2. The van der Waals surface area contributed by atoms with E-state index in [1.807, 2.05) is 19.0 Å². The Labute approximate surface area is 95.4 Å². The molecule has 0 unspecified atom stereocenters. The lowest BCUT2D eigenvalue weighted by atomic mass is 10.1. The van der Waals surface area contributed by atoms with Crippen molar-refractivity contribution in [2.75, 3.05) is 37.8 Å². The van der Waals surface area contributed by atoms with Crippen LogP contribution in [0.4, 0.5) is 11.4 Å². The highest BCUT2D eigenvalue weighted by Crippen LogP contribution is 2.23. The van der Waals surface area contributed by atoms with Gasteiger partial charge in [0.05, 0.1) is 11.4 Å². The van der Waals surface area contributed by atoms with Crippen LogP contribution in [0.3, 0.4) is 0 Å². The average Bonchev–Trinajstić information content (AvgIpc) is 2.26. The number of anilines is 2. The Morgan fingerprint density at radius 2 is 2.19 bits per heavy atom. The summed E-state index contributed by atoms with van der Waals surface area (Å²) < 4.78 is 0. The van der Waals surface area contributed by atoms with Gasteiger partial charge >= 0.3 is 0 Å². The minimum Gasteiger partial charge on any atom is -0.397 e. The molecule has 0 fully saturated rings. The fourth-order valence-corrected chi connectivity index (χ4v) is 1.43. The molecule has 0 aliphatic heterocycles. The quantitative estimate of drug-likeness (QED) is 0.613. The molecule has 88 valence electrons. The highest BCUT2D eigenvalue weighted by atomic mass is 16.1. The van der Waals surface area contributed by atoms with Crippen molar-refractivity contribution in [3.05, 3.63) is 23.8 Å². The van der Waals surface area contributed by atoms with Gasteiger partial charge in [0.2, 0.25) is 5.91 Å². The molecule has 0 radical (unpaired) electrons. The van der Waals surface area contributed by atoms with E-state index in [1.54, 1.807) is 18.2 Å². The number of amides is 1. The molecule has 1 aromatic carbocycles. The SMILES string of the molecule is CNCCN(C)c1cc(C(N)=O)ccc1N. The normalized spacial score (nSPS) is 10.1.